The highest BCUT2D eigenvalue weighted by Gasteiger charge is 2.16. The Bertz CT molecular complexity index is 973. The first-order chi connectivity index (χ1) is 13.9. The van der Waals surface area contributed by atoms with Crippen LogP contribution in [0.3, 0.4) is 0 Å². The molecule has 0 bridgehead atoms. The summed E-state index contributed by atoms with van der Waals surface area (Å²) in [6.45, 7) is 6.39. The van der Waals surface area contributed by atoms with Gasteiger partial charge in [-0.1, -0.05) is 24.9 Å². The van der Waals surface area contributed by atoms with Gasteiger partial charge in [-0.25, -0.2) is 9.78 Å². The highest BCUT2D eigenvalue weighted by molar-refractivity contribution is 6.32. The maximum Gasteiger partial charge on any atom is 0.349 e. The molecule has 0 atom stereocenters. The Morgan fingerprint density at radius 2 is 2.17 bits per heavy atom. The maximum absolute atomic E-state index is 12.2. The van der Waals surface area contributed by atoms with Crippen LogP contribution in [0.2, 0.25) is 5.15 Å². The number of nitriles is 1. The molecule has 0 saturated carbocycles. The van der Waals surface area contributed by atoms with Crippen molar-refractivity contribution in [3.8, 4) is 6.07 Å². The van der Waals surface area contributed by atoms with Crippen molar-refractivity contribution in [3.63, 3.8) is 0 Å². The molecule has 1 amide bonds. The number of hydrogen-bond donors (Lipinski definition) is 1. The molecule has 0 spiro atoms. The molecule has 0 radical (unpaired) electrons. The number of hydrogen-bond acceptors (Lipinski definition) is 5. The van der Waals surface area contributed by atoms with Crippen LogP contribution in [0.25, 0.3) is 6.08 Å². The Hall–Kier alpha value is -3.11. The fourth-order valence-electron chi connectivity index (χ4n) is 2.80. The minimum absolute atomic E-state index is 0.128. The molecule has 0 aromatic carbocycles. The lowest BCUT2D eigenvalue weighted by Gasteiger charge is -2.08. The summed E-state index contributed by atoms with van der Waals surface area (Å²) in [5.74, 6) is -1.44. The van der Waals surface area contributed by atoms with Gasteiger partial charge in [0.2, 0.25) is 0 Å². The molecular formula is C21H23ClN4O3. The Labute approximate surface area is 174 Å². The van der Waals surface area contributed by atoms with Gasteiger partial charge >= 0.3 is 5.97 Å². The quantitative estimate of drug-likeness (QED) is 0.304. The molecule has 29 heavy (non-hydrogen) atoms. The number of carbonyl (C=O) groups excluding carboxylic acids is 2. The lowest BCUT2D eigenvalue weighted by atomic mass is 10.1. The molecule has 2 aromatic rings. The van der Waals surface area contributed by atoms with E-state index < -0.39 is 18.5 Å². The summed E-state index contributed by atoms with van der Waals surface area (Å²) in [5, 5.41) is 12.0. The molecule has 7 nitrogen and oxygen atoms in total. The van der Waals surface area contributed by atoms with E-state index in [-0.39, 0.29) is 10.7 Å². The Morgan fingerprint density at radius 1 is 1.41 bits per heavy atom. The molecule has 152 valence electrons. The van der Waals surface area contributed by atoms with Crippen molar-refractivity contribution in [1.29, 1.82) is 5.26 Å². The minimum atomic E-state index is -0.863. The Balaban J connectivity index is 2.04. The van der Waals surface area contributed by atoms with E-state index in [0.29, 0.717) is 5.69 Å². The van der Waals surface area contributed by atoms with Gasteiger partial charge in [-0.05, 0) is 50.1 Å². The fraction of sp³-hybridized carbons (Fsp3) is 0.333. The van der Waals surface area contributed by atoms with Gasteiger partial charge in [0.05, 0.1) is 5.69 Å². The topological polar surface area (TPSA) is 97.0 Å². The molecule has 0 aliphatic carbocycles. The predicted molar refractivity (Wildman–Crippen MR) is 111 cm³/mol. The smallest absolute Gasteiger partial charge is 0.349 e. The summed E-state index contributed by atoms with van der Waals surface area (Å²) in [7, 11) is 0. The number of pyridine rings is 1. The summed E-state index contributed by atoms with van der Waals surface area (Å²) in [6.07, 6.45) is 5.09. The number of nitrogens with zero attached hydrogens (tertiary/aromatic N) is 3. The number of aryl methyl sites for hydroxylation is 1. The minimum Gasteiger partial charge on any atom is -0.451 e. The largest absolute Gasteiger partial charge is 0.451 e. The van der Waals surface area contributed by atoms with Crippen LogP contribution >= 0.6 is 11.6 Å². The third kappa shape index (κ3) is 5.93. The maximum atomic E-state index is 12.2. The molecule has 1 N–H and O–H groups in total. The van der Waals surface area contributed by atoms with Crippen molar-refractivity contribution in [1.82, 2.24) is 9.55 Å². The molecule has 0 aliphatic heterocycles. The lowest BCUT2D eigenvalue weighted by Crippen LogP contribution is -2.21. The number of ether oxygens (including phenoxy) is 1. The van der Waals surface area contributed by atoms with E-state index in [4.69, 9.17) is 16.3 Å². The van der Waals surface area contributed by atoms with E-state index in [0.717, 1.165) is 36.3 Å². The summed E-state index contributed by atoms with van der Waals surface area (Å²) in [4.78, 5) is 28.0. The first-order valence-electron chi connectivity index (χ1n) is 9.23. The van der Waals surface area contributed by atoms with Crippen molar-refractivity contribution in [2.45, 2.75) is 40.2 Å². The molecule has 8 heteroatoms. The second kappa shape index (κ2) is 10.4. The summed E-state index contributed by atoms with van der Waals surface area (Å²) < 4.78 is 7.12. The zero-order valence-corrected chi connectivity index (χ0v) is 17.4. The van der Waals surface area contributed by atoms with Crippen LogP contribution in [0.5, 0.6) is 0 Å². The monoisotopic (exact) mass is 414 g/mol. The van der Waals surface area contributed by atoms with Crippen molar-refractivity contribution in [2.24, 2.45) is 0 Å². The van der Waals surface area contributed by atoms with Crippen LogP contribution in [-0.4, -0.2) is 28.0 Å². The van der Waals surface area contributed by atoms with Crippen LogP contribution in [0, 0.1) is 25.2 Å². The Kier molecular flexibility index (Phi) is 7.98. The summed E-state index contributed by atoms with van der Waals surface area (Å²) in [5.41, 5.74) is 2.94. The molecule has 2 heterocycles. The van der Waals surface area contributed by atoms with Crippen molar-refractivity contribution in [3.05, 3.63) is 52.1 Å². The standard InChI is InChI=1S/C21H23ClN4O3/c1-4-5-9-26-14(2)10-16(15(26)3)11-17(12-23)21(28)29-13-19(27)25-18-7-6-8-24-20(18)22/h6-8,10-11H,4-5,9,13H2,1-3H3,(H,25,27)/b17-11+. The summed E-state index contributed by atoms with van der Waals surface area (Å²) >= 11 is 5.87. The van der Waals surface area contributed by atoms with Crippen molar-refractivity contribution in [2.75, 3.05) is 11.9 Å². The van der Waals surface area contributed by atoms with Gasteiger partial charge in [-0.15, -0.1) is 0 Å². The number of esters is 1. The number of halogens is 1. The van der Waals surface area contributed by atoms with E-state index in [9.17, 15) is 14.9 Å². The van der Waals surface area contributed by atoms with Gasteiger partial charge in [0, 0.05) is 24.1 Å². The zero-order valence-electron chi connectivity index (χ0n) is 16.7. The number of unbranched alkanes of at least 4 members (excludes halogenated alkanes) is 1. The van der Waals surface area contributed by atoms with Crippen molar-refractivity contribution < 1.29 is 14.3 Å². The molecule has 2 rings (SSSR count). The highest BCUT2D eigenvalue weighted by Crippen LogP contribution is 2.20. The first kappa shape index (κ1) is 22.2. The van der Waals surface area contributed by atoms with Crippen molar-refractivity contribution >= 4 is 35.2 Å². The number of anilines is 1. The third-order valence-corrected chi connectivity index (χ3v) is 4.66. The normalized spacial score (nSPS) is 11.1. The molecule has 0 fully saturated rings. The number of carbonyl (C=O) groups is 2. The second-order valence-corrected chi connectivity index (χ2v) is 6.83. The average molecular weight is 415 g/mol. The number of amides is 1. The van der Waals surface area contributed by atoms with Crippen LogP contribution in [0.4, 0.5) is 5.69 Å². The zero-order chi connectivity index (χ0) is 21.4. The van der Waals surface area contributed by atoms with Gasteiger partial charge in [-0.2, -0.15) is 5.26 Å². The molecular weight excluding hydrogens is 392 g/mol. The van der Waals surface area contributed by atoms with Crippen LogP contribution in [-0.2, 0) is 20.9 Å². The average Bonchev–Trinajstić information content (AvgIpc) is 2.97. The van der Waals surface area contributed by atoms with E-state index >= 15 is 0 Å². The molecule has 0 unspecified atom stereocenters. The Morgan fingerprint density at radius 3 is 2.83 bits per heavy atom. The lowest BCUT2D eigenvalue weighted by molar-refractivity contribution is -0.142. The number of aromatic nitrogens is 2. The number of rotatable bonds is 8. The third-order valence-electron chi connectivity index (χ3n) is 4.36. The predicted octanol–water partition coefficient (Wildman–Crippen LogP) is 4.04. The second-order valence-electron chi connectivity index (χ2n) is 6.47. The van der Waals surface area contributed by atoms with Gasteiger partial charge in [-0.3, -0.25) is 4.79 Å². The summed E-state index contributed by atoms with van der Waals surface area (Å²) in [6, 6.07) is 6.96. The van der Waals surface area contributed by atoms with Crippen LogP contribution in [0.15, 0.2) is 30.0 Å². The van der Waals surface area contributed by atoms with Gasteiger partial charge < -0.3 is 14.6 Å². The SMILES string of the molecule is CCCCn1c(C)cc(/C=C(\C#N)C(=O)OCC(=O)Nc2cccnc2Cl)c1C. The van der Waals surface area contributed by atoms with Gasteiger partial charge in [0.1, 0.15) is 11.6 Å². The highest BCUT2D eigenvalue weighted by atomic mass is 35.5. The number of nitrogens with one attached hydrogen (secondary N) is 1. The van der Waals surface area contributed by atoms with E-state index in [1.807, 2.05) is 26.0 Å². The van der Waals surface area contributed by atoms with Gasteiger partial charge in [0.25, 0.3) is 5.91 Å². The fourth-order valence-corrected chi connectivity index (χ4v) is 2.97. The van der Waals surface area contributed by atoms with Crippen LogP contribution < -0.4 is 5.32 Å². The molecule has 0 aliphatic rings. The molecule has 0 saturated heterocycles. The van der Waals surface area contributed by atoms with Gasteiger partial charge in [0.15, 0.2) is 11.8 Å². The first-order valence-corrected chi connectivity index (χ1v) is 9.61. The van der Waals surface area contributed by atoms with E-state index in [1.165, 1.54) is 12.3 Å². The van der Waals surface area contributed by atoms with Crippen LogP contribution in [0.1, 0.15) is 36.7 Å². The molecule has 2 aromatic heterocycles. The van der Waals surface area contributed by atoms with E-state index in [2.05, 4.69) is 21.8 Å². The van der Waals surface area contributed by atoms with E-state index in [1.54, 1.807) is 12.1 Å².